The number of ether oxygens (including phenoxy) is 1. The van der Waals surface area contributed by atoms with E-state index in [1.54, 1.807) is 12.1 Å². The molecule has 0 aliphatic heterocycles. The van der Waals surface area contributed by atoms with Gasteiger partial charge in [-0.15, -0.1) is 0 Å². The van der Waals surface area contributed by atoms with Gasteiger partial charge in [-0.1, -0.05) is 51.7 Å². The minimum atomic E-state index is -0.170. The van der Waals surface area contributed by atoms with E-state index >= 15 is 0 Å². The van der Waals surface area contributed by atoms with E-state index in [2.05, 4.69) is 31.0 Å². The molecule has 2 aromatic rings. The van der Waals surface area contributed by atoms with Crippen LogP contribution in [-0.2, 0) is 6.61 Å². The quantitative estimate of drug-likeness (QED) is 0.355. The van der Waals surface area contributed by atoms with Crippen LogP contribution in [-0.4, -0.2) is 36.5 Å². The summed E-state index contributed by atoms with van der Waals surface area (Å²) < 4.78 is 11.5. The van der Waals surface area contributed by atoms with Gasteiger partial charge in [0.2, 0.25) is 0 Å². The van der Waals surface area contributed by atoms with Gasteiger partial charge in [0.25, 0.3) is 5.91 Å². The fourth-order valence-corrected chi connectivity index (χ4v) is 3.63. The molecule has 1 aromatic heterocycles. The van der Waals surface area contributed by atoms with Crippen LogP contribution in [0.5, 0.6) is 5.75 Å². The minimum absolute atomic E-state index is 0.0628. The number of rotatable bonds is 15. The first-order chi connectivity index (χ1) is 15.0. The van der Waals surface area contributed by atoms with Crippen LogP contribution in [0.2, 0.25) is 0 Å². The fourth-order valence-electron chi connectivity index (χ4n) is 3.63. The molecule has 1 amide bonds. The van der Waals surface area contributed by atoms with Gasteiger partial charge in [-0.05, 0) is 69.6 Å². The lowest BCUT2D eigenvalue weighted by Gasteiger charge is -2.26. The van der Waals surface area contributed by atoms with E-state index in [0.29, 0.717) is 18.1 Å². The van der Waals surface area contributed by atoms with Crippen LogP contribution in [0.1, 0.15) is 81.2 Å². The molecular weight excluding hydrogens is 388 g/mol. The molecule has 1 atom stereocenters. The molecule has 5 heteroatoms. The number of carbonyl (C=O) groups is 1. The van der Waals surface area contributed by atoms with Crippen molar-refractivity contribution in [2.24, 2.45) is 0 Å². The van der Waals surface area contributed by atoms with E-state index < -0.39 is 0 Å². The van der Waals surface area contributed by atoms with E-state index in [9.17, 15) is 4.79 Å². The van der Waals surface area contributed by atoms with Crippen molar-refractivity contribution >= 4 is 5.91 Å². The SMILES string of the molecule is CCCCCN(CCCCC)CC(C)NC(=O)c1ccc(COc2cccc(C)c2)o1. The summed E-state index contributed by atoms with van der Waals surface area (Å²) in [5.74, 6) is 1.59. The normalized spacial score (nSPS) is 12.2. The van der Waals surface area contributed by atoms with Crippen LogP contribution in [0.25, 0.3) is 0 Å². The number of hydrogen-bond acceptors (Lipinski definition) is 4. The summed E-state index contributed by atoms with van der Waals surface area (Å²) in [6, 6.07) is 11.5. The van der Waals surface area contributed by atoms with E-state index in [0.717, 1.165) is 30.9 Å². The average molecular weight is 429 g/mol. The Morgan fingerprint density at radius 1 is 1.06 bits per heavy atom. The summed E-state index contributed by atoms with van der Waals surface area (Å²) in [5.41, 5.74) is 1.14. The first-order valence-electron chi connectivity index (χ1n) is 11.8. The zero-order chi connectivity index (χ0) is 22.5. The number of benzene rings is 1. The molecule has 1 heterocycles. The van der Waals surface area contributed by atoms with Crippen LogP contribution in [0.3, 0.4) is 0 Å². The molecule has 1 N–H and O–H groups in total. The number of nitrogens with zero attached hydrogens (tertiary/aromatic N) is 1. The third-order valence-electron chi connectivity index (χ3n) is 5.32. The summed E-state index contributed by atoms with van der Waals surface area (Å²) in [4.78, 5) is 15.1. The van der Waals surface area contributed by atoms with Crippen LogP contribution >= 0.6 is 0 Å². The van der Waals surface area contributed by atoms with Crippen LogP contribution in [0.4, 0.5) is 0 Å². The molecule has 0 saturated carbocycles. The van der Waals surface area contributed by atoms with Gasteiger partial charge in [-0.3, -0.25) is 4.79 Å². The molecule has 0 saturated heterocycles. The number of unbranched alkanes of at least 4 members (excludes halogenated alkanes) is 4. The van der Waals surface area contributed by atoms with E-state index in [4.69, 9.17) is 9.15 Å². The number of aryl methyl sites for hydroxylation is 1. The predicted octanol–water partition coefficient (Wildman–Crippen LogP) is 5.97. The number of hydrogen-bond donors (Lipinski definition) is 1. The van der Waals surface area contributed by atoms with Crippen molar-refractivity contribution in [1.29, 1.82) is 0 Å². The Bertz CT molecular complexity index is 762. The van der Waals surface area contributed by atoms with Gasteiger partial charge in [0, 0.05) is 12.6 Å². The highest BCUT2D eigenvalue weighted by atomic mass is 16.5. The topological polar surface area (TPSA) is 54.7 Å². The average Bonchev–Trinajstić information content (AvgIpc) is 3.22. The highest BCUT2D eigenvalue weighted by Crippen LogP contribution is 2.16. The Kier molecular flexibility index (Phi) is 11.2. The Labute approximate surface area is 188 Å². The Hall–Kier alpha value is -2.27. The number of nitrogens with one attached hydrogen (secondary N) is 1. The summed E-state index contributed by atoms with van der Waals surface area (Å²) in [7, 11) is 0. The molecule has 2 rings (SSSR count). The highest BCUT2D eigenvalue weighted by Gasteiger charge is 2.16. The van der Waals surface area contributed by atoms with Gasteiger partial charge in [0.15, 0.2) is 5.76 Å². The van der Waals surface area contributed by atoms with Crippen molar-refractivity contribution in [3.8, 4) is 5.75 Å². The maximum atomic E-state index is 12.6. The van der Waals surface area contributed by atoms with Crippen LogP contribution in [0, 0.1) is 6.92 Å². The van der Waals surface area contributed by atoms with Gasteiger partial charge in [0.05, 0.1) is 0 Å². The van der Waals surface area contributed by atoms with E-state index in [-0.39, 0.29) is 11.9 Å². The lowest BCUT2D eigenvalue weighted by molar-refractivity contribution is 0.0896. The summed E-state index contributed by atoms with van der Waals surface area (Å²) in [6.45, 7) is 11.9. The van der Waals surface area contributed by atoms with Gasteiger partial charge in [-0.25, -0.2) is 0 Å². The molecule has 172 valence electrons. The second-order valence-electron chi connectivity index (χ2n) is 8.46. The van der Waals surface area contributed by atoms with E-state index in [1.165, 1.54) is 38.5 Å². The molecule has 0 spiro atoms. The van der Waals surface area contributed by atoms with Crippen LogP contribution in [0.15, 0.2) is 40.8 Å². The summed E-state index contributed by atoms with van der Waals surface area (Å²) in [6.07, 6.45) is 7.39. The molecule has 31 heavy (non-hydrogen) atoms. The van der Waals surface area contributed by atoms with Gasteiger partial charge in [-0.2, -0.15) is 0 Å². The fraction of sp³-hybridized carbons (Fsp3) is 0.577. The third-order valence-corrected chi connectivity index (χ3v) is 5.32. The summed E-state index contributed by atoms with van der Waals surface area (Å²) >= 11 is 0. The second-order valence-corrected chi connectivity index (χ2v) is 8.46. The number of furan rings is 1. The molecule has 5 nitrogen and oxygen atoms in total. The zero-order valence-electron chi connectivity index (χ0n) is 19.8. The Morgan fingerprint density at radius 2 is 1.77 bits per heavy atom. The Balaban J connectivity index is 1.82. The molecule has 1 unspecified atom stereocenters. The molecule has 0 bridgehead atoms. The van der Waals surface area contributed by atoms with Crippen molar-refractivity contribution < 1.29 is 13.9 Å². The smallest absolute Gasteiger partial charge is 0.287 e. The van der Waals surface area contributed by atoms with Crippen molar-refractivity contribution in [3.05, 3.63) is 53.5 Å². The molecule has 0 aliphatic carbocycles. The Morgan fingerprint density at radius 3 is 2.42 bits per heavy atom. The number of amides is 1. The van der Waals surface area contributed by atoms with Gasteiger partial charge < -0.3 is 19.4 Å². The third kappa shape index (κ3) is 9.60. The molecule has 0 aliphatic rings. The maximum absolute atomic E-state index is 12.6. The second kappa shape index (κ2) is 13.9. The first-order valence-corrected chi connectivity index (χ1v) is 11.8. The predicted molar refractivity (Wildman–Crippen MR) is 127 cm³/mol. The first kappa shape index (κ1) is 25.0. The number of carbonyl (C=O) groups excluding carboxylic acids is 1. The van der Waals surface area contributed by atoms with Gasteiger partial charge >= 0.3 is 0 Å². The van der Waals surface area contributed by atoms with Crippen molar-refractivity contribution in [3.63, 3.8) is 0 Å². The van der Waals surface area contributed by atoms with Gasteiger partial charge in [0.1, 0.15) is 18.1 Å². The lowest BCUT2D eigenvalue weighted by Crippen LogP contribution is -2.42. The van der Waals surface area contributed by atoms with E-state index in [1.807, 2.05) is 31.2 Å². The largest absolute Gasteiger partial charge is 0.486 e. The van der Waals surface area contributed by atoms with Crippen molar-refractivity contribution in [2.75, 3.05) is 19.6 Å². The monoisotopic (exact) mass is 428 g/mol. The molecule has 0 fully saturated rings. The summed E-state index contributed by atoms with van der Waals surface area (Å²) in [5, 5.41) is 3.09. The molecule has 1 aromatic carbocycles. The van der Waals surface area contributed by atoms with Crippen LogP contribution < -0.4 is 10.1 Å². The minimum Gasteiger partial charge on any atom is -0.486 e. The lowest BCUT2D eigenvalue weighted by atomic mass is 10.2. The highest BCUT2D eigenvalue weighted by molar-refractivity contribution is 5.91. The zero-order valence-corrected chi connectivity index (χ0v) is 19.8. The van der Waals surface area contributed by atoms with Crippen molar-refractivity contribution in [1.82, 2.24) is 10.2 Å². The standard InChI is InChI=1S/C26H40N2O3/c1-5-7-9-16-28(17-10-8-6-2)19-22(4)27-26(29)25-15-14-24(31-25)20-30-23-13-11-12-21(3)18-23/h11-15,18,22H,5-10,16-17,19-20H2,1-4H3,(H,27,29). The molecular formula is C26H40N2O3. The van der Waals surface area contributed by atoms with Crippen molar-refractivity contribution in [2.45, 2.75) is 78.9 Å². The maximum Gasteiger partial charge on any atom is 0.287 e. The molecule has 0 radical (unpaired) electrons.